The van der Waals surface area contributed by atoms with Gasteiger partial charge in [0.05, 0.1) is 56.4 Å². The topological polar surface area (TPSA) is 16.9 Å². The lowest BCUT2D eigenvalue weighted by atomic mass is 9.71. The summed E-state index contributed by atoms with van der Waals surface area (Å²) in [5.74, 6) is 0.625. The van der Waals surface area contributed by atoms with Gasteiger partial charge >= 0.3 is 0 Å². The fourth-order valence-corrected chi connectivity index (χ4v) is 5.35. The molecule has 1 aliphatic carbocycles. The molecule has 0 spiro atoms. The van der Waals surface area contributed by atoms with Crippen molar-refractivity contribution in [2.45, 2.75) is 51.4 Å². The number of halogens is 1. The first-order valence-corrected chi connectivity index (χ1v) is 11.0. The zero-order valence-corrected chi connectivity index (χ0v) is 18.0. The zero-order valence-electron chi connectivity index (χ0n) is 17.1. The molecule has 1 saturated heterocycles. The number of nitrogens with zero attached hydrogens (tertiary/aromatic N) is 1. The third kappa shape index (κ3) is 6.10. The summed E-state index contributed by atoms with van der Waals surface area (Å²) >= 11 is 4.80. The summed E-state index contributed by atoms with van der Waals surface area (Å²) in [6, 6.07) is 7.08. The first-order valence-electron chi connectivity index (χ1n) is 10.4. The van der Waals surface area contributed by atoms with Crippen molar-refractivity contribution in [3.8, 4) is 0 Å². The lowest BCUT2D eigenvalue weighted by molar-refractivity contribution is -0.900. The second kappa shape index (κ2) is 9.15. The van der Waals surface area contributed by atoms with E-state index in [0.29, 0.717) is 11.5 Å². The Bertz CT molecular complexity index is 604. The molecule has 5 heteroatoms. The maximum atomic E-state index is 14.0. The van der Waals surface area contributed by atoms with Crippen LogP contribution in [0, 0.1) is 17.2 Å². The number of hydrogen-bond donors (Lipinski definition) is 2. The normalized spacial score (nSPS) is 27.5. The van der Waals surface area contributed by atoms with Gasteiger partial charge in [0.2, 0.25) is 0 Å². The Morgan fingerprint density at radius 3 is 2.63 bits per heavy atom. The van der Waals surface area contributed by atoms with E-state index in [1.807, 2.05) is 12.1 Å². The van der Waals surface area contributed by atoms with Gasteiger partial charge in [-0.1, -0.05) is 32.9 Å². The number of rotatable bonds is 6. The lowest BCUT2D eigenvalue weighted by Gasteiger charge is -2.39. The van der Waals surface area contributed by atoms with Gasteiger partial charge in [-0.3, -0.25) is 0 Å². The van der Waals surface area contributed by atoms with Crippen molar-refractivity contribution in [3.63, 3.8) is 0 Å². The van der Waals surface area contributed by atoms with Gasteiger partial charge in [-0.15, -0.1) is 0 Å². The van der Waals surface area contributed by atoms with Gasteiger partial charge in [0.1, 0.15) is 5.82 Å². The van der Waals surface area contributed by atoms with Crippen LogP contribution in [0.25, 0.3) is 0 Å². The molecule has 0 aromatic heterocycles. The Balaban J connectivity index is 1.39. The summed E-state index contributed by atoms with van der Waals surface area (Å²) in [4.78, 5) is 3.71. The van der Waals surface area contributed by atoms with Crippen LogP contribution in [0.15, 0.2) is 24.3 Å². The van der Waals surface area contributed by atoms with E-state index in [4.69, 9.17) is 17.4 Å². The number of ether oxygens (including phenoxy) is 1. The predicted molar refractivity (Wildman–Crippen MR) is 113 cm³/mol. The Morgan fingerprint density at radius 1 is 1.26 bits per heavy atom. The number of anilines is 1. The van der Waals surface area contributed by atoms with Gasteiger partial charge in [0.15, 0.2) is 0 Å². The summed E-state index contributed by atoms with van der Waals surface area (Å²) in [6.07, 6.45) is 4.02. The second-order valence-electron chi connectivity index (χ2n) is 9.42. The molecule has 1 aromatic carbocycles. The summed E-state index contributed by atoms with van der Waals surface area (Å²) in [5.41, 5.74) is 1.12. The molecular weight excluding hydrogens is 359 g/mol. The Morgan fingerprint density at radius 2 is 1.96 bits per heavy atom. The largest absolute Gasteiger partial charge is 0.377 e. The van der Waals surface area contributed by atoms with E-state index < -0.39 is 0 Å². The number of para-hydroxylation sites is 1. The van der Waals surface area contributed by atoms with Crippen molar-refractivity contribution in [2.24, 2.45) is 11.3 Å². The maximum Gasteiger partial charge on any atom is 0.146 e. The molecule has 0 unspecified atom stereocenters. The highest BCUT2D eigenvalue weighted by atomic mass is 32.1. The quantitative estimate of drug-likeness (QED) is 0.721. The zero-order chi connectivity index (χ0) is 19.4. The van der Waals surface area contributed by atoms with E-state index in [0.717, 1.165) is 57.4 Å². The lowest BCUT2D eigenvalue weighted by Crippen LogP contribution is -3.15. The highest BCUT2D eigenvalue weighted by Gasteiger charge is 2.33. The standard InChI is InChI=1S/C22H35FN2OS/c1-17-12-18(14-22(2,3)13-17)26-16-19(27)15-24-8-10-25(11-9-24)21-7-5-4-6-20(21)23/h4-7,17-19,27H,8-16H2,1-3H3/p+1/t17-,18+,19-/m1/s1. The van der Waals surface area contributed by atoms with Gasteiger partial charge in [-0.2, -0.15) is 12.6 Å². The Hall–Kier alpha value is -0.780. The van der Waals surface area contributed by atoms with E-state index in [-0.39, 0.29) is 11.1 Å². The average molecular weight is 396 g/mol. The van der Waals surface area contributed by atoms with Crippen molar-refractivity contribution >= 4 is 18.3 Å². The Labute approximate surface area is 169 Å². The molecule has 27 heavy (non-hydrogen) atoms. The number of piperazine rings is 1. The molecule has 2 aliphatic rings. The minimum absolute atomic E-state index is 0.119. The fourth-order valence-electron chi connectivity index (χ4n) is 5.00. The van der Waals surface area contributed by atoms with Crippen LogP contribution in [-0.2, 0) is 4.74 Å². The van der Waals surface area contributed by atoms with Crippen LogP contribution in [0.4, 0.5) is 10.1 Å². The molecule has 0 amide bonds. The summed E-state index contributed by atoms with van der Waals surface area (Å²) in [7, 11) is 0. The van der Waals surface area contributed by atoms with E-state index >= 15 is 0 Å². The number of nitrogens with one attached hydrogen (secondary N) is 1. The third-order valence-corrected chi connectivity index (χ3v) is 6.39. The first-order chi connectivity index (χ1) is 12.8. The summed E-state index contributed by atoms with van der Waals surface area (Å²) < 4.78 is 20.2. The number of benzene rings is 1. The van der Waals surface area contributed by atoms with Gasteiger partial charge in [-0.25, -0.2) is 4.39 Å². The van der Waals surface area contributed by atoms with Crippen LogP contribution in [0.3, 0.4) is 0 Å². The molecular formula is C22H36FN2OS+. The highest BCUT2D eigenvalue weighted by molar-refractivity contribution is 7.81. The monoisotopic (exact) mass is 395 g/mol. The summed E-state index contributed by atoms with van der Waals surface area (Å²) in [5, 5.41) is 0.264. The molecule has 1 N–H and O–H groups in total. The molecule has 1 heterocycles. The molecule has 152 valence electrons. The van der Waals surface area contributed by atoms with Crippen molar-refractivity contribution in [1.82, 2.24) is 0 Å². The van der Waals surface area contributed by atoms with Gasteiger partial charge in [0.25, 0.3) is 0 Å². The van der Waals surface area contributed by atoms with Gasteiger partial charge in [-0.05, 0) is 42.7 Å². The SMILES string of the molecule is C[C@@H]1C[C@H](OC[C@H](S)C[NH+]2CCN(c3ccccc3F)CC2)CC(C)(C)C1. The Kier molecular flexibility index (Phi) is 7.09. The number of thiol groups is 1. The maximum absolute atomic E-state index is 14.0. The molecule has 1 saturated carbocycles. The molecule has 2 fully saturated rings. The van der Waals surface area contributed by atoms with Crippen molar-refractivity contribution < 1.29 is 14.0 Å². The van der Waals surface area contributed by atoms with Crippen LogP contribution < -0.4 is 9.80 Å². The van der Waals surface area contributed by atoms with E-state index in [1.54, 1.807) is 17.0 Å². The molecule has 0 radical (unpaired) electrons. The van der Waals surface area contributed by atoms with Crippen LogP contribution >= 0.6 is 12.6 Å². The fraction of sp³-hybridized carbons (Fsp3) is 0.727. The van der Waals surface area contributed by atoms with Crippen LogP contribution in [0.2, 0.25) is 0 Å². The van der Waals surface area contributed by atoms with E-state index in [1.165, 1.54) is 12.8 Å². The van der Waals surface area contributed by atoms with E-state index in [9.17, 15) is 4.39 Å². The van der Waals surface area contributed by atoms with Gasteiger partial charge in [0, 0.05) is 0 Å². The minimum Gasteiger partial charge on any atom is -0.377 e. The number of quaternary nitrogens is 1. The molecule has 1 aromatic rings. The molecule has 0 bridgehead atoms. The van der Waals surface area contributed by atoms with Crippen molar-refractivity contribution in [2.75, 3.05) is 44.2 Å². The van der Waals surface area contributed by atoms with Crippen molar-refractivity contribution in [1.29, 1.82) is 0 Å². The molecule has 3 rings (SSSR count). The average Bonchev–Trinajstić information content (AvgIpc) is 2.60. The molecule has 3 atom stereocenters. The van der Waals surface area contributed by atoms with Crippen LogP contribution in [0.1, 0.15) is 40.0 Å². The van der Waals surface area contributed by atoms with Crippen molar-refractivity contribution in [3.05, 3.63) is 30.1 Å². The molecule has 3 nitrogen and oxygen atoms in total. The number of hydrogen-bond acceptors (Lipinski definition) is 3. The highest BCUT2D eigenvalue weighted by Crippen LogP contribution is 2.39. The smallest absolute Gasteiger partial charge is 0.146 e. The van der Waals surface area contributed by atoms with Crippen LogP contribution in [0.5, 0.6) is 0 Å². The molecule has 1 aliphatic heterocycles. The minimum atomic E-state index is -0.119. The van der Waals surface area contributed by atoms with Crippen LogP contribution in [-0.4, -0.2) is 50.7 Å². The predicted octanol–water partition coefficient (Wildman–Crippen LogP) is 3.06. The third-order valence-electron chi connectivity index (χ3n) is 6.06. The summed E-state index contributed by atoms with van der Waals surface area (Å²) in [6.45, 7) is 12.6. The van der Waals surface area contributed by atoms with E-state index in [2.05, 4.69) is 25.7 Å². The van der Waals surface area contributed by atoms with Gasteiger partial charge < -0.3 is 14.5 Å². The first kappa shape index (κ1) is 20.9. The second-order valence-corrected chi connectivity index (χ2v) is 10.1.